The summed E-state index contributed by atoms with van der Waals surface area (Å²) in [7, 11) is 0. The van der Waals surface area contributed by atoms with Crippen LogP contribution in [0.15, 0.2) is 48.8 Å². The number of nitrogens with two attached hydrogens (primary N) is 1. The maximum absolute atomic E-state index is 12.3. The molecule has 3 aromatic rings. The molecule has 1 fully saturated rings. The van der Waals surface area contributed by atoms with E-state index < -0.39 is 0 Å². The molecular weight excluding hydrogens is 324 g/mol. The van der Waals surface area contributed by atoms with Gasteiger partial charge in [0, 0.05) is 11.4 Å². The van der Waals surface area contributed by atoms with Gasteiger partial charge in [-0.3, -0.25) is 4.79 Å². The summed E-state index contributed by atoms with van der Waals surface area (Å²) in [5.41, 5.74) is 9.91. The third-order valence-corrected chi connectivity index (χ3v) is 5.01. The molecule has 0 spiro atoms. The summed E-state index contributed by atoms with van der Waals surface area (Å²) in [6.07, 6.45) is 6.52. The molecule has 26 heavy (non-hydrogen) atoms. The van der Waals surface area contributed by atoms with Gasteiger partial charge in [0.25, 0.3) is 0 Å². The zero-order valence-corrected chi connectivity index (χ0v) is 14.6. The van der Waals surface area contributed by atoms with Crippen molar-refractivity contribution in [2.24, 2.45) is 0 Å². The number of hydrogen-bond acceptors (Lipinski definition) is 4. The van der Waals surface area contributed by atoms with Crippen LogP contribution in [0.5, 0.6) is 0 Å². The number of aromatic nitrogens is 2. The Bertz CT molecular complexity index is 948. The highest BCUT2D eigenvalue weighted by Gasteiger charge is 2.17. The van der Waals surface area contributed by atoms with Crippen molar-refractivity contribution >= 4 is 22.6 Å². The maximum Gasteiger partial charge on any atom is 0.224 e. The second-order valence-corrected chi connectivity index (χ2v) is 6.92. The highest BCUT2D eigenvalue weighted by atomic mass is 16.1. The number of nitrogens with one attached hydrogen (secondary N) is 1. The molecule has 1 amide bonds. The van der Waals surface area contributed by atoms with Crippen LogP contribution >= 0.6 is 0 Å². The average molecular weight is 346 g/mol. The van der Waals surface area contributed by atoms with Crippen LogP contribution in [0.4, 0.5) is 5.82 Å². The van der Waals surface area contributed by atoms with E-state index in [-0.39, 0.29) is 5.91 Å². The Morgan fingerprint density at radius 3 is 2.73 bits per heavy atom. The summed E-state index contributed by atoms with van der Waals surface area (Å²) in [6, 6.07) is 14.4. The van der Waals surface area contributed by atoms with Gasteiger partial charge in [0.1, 0.15) is 12.1 Å². The molecule has 1 heterocycles. The van der Waals surface area contributed by atoms with Crippen LogP contribution < -0.4 is 11.1 Å². The molecule has 0 radical (unpaired) electrons. The van der Waals surface area contributed by atoms with Gasteiger partial charge in [0.2, 0.25) is 5.91 Å². The van der Waals surface area contributed by atoms with Gasteiger partial charge in [-0.15, -0.1) is 0 Å². The van der Waals surface area contributed by atoms with Crippen LogP contribution in [0.25, 0.3) is 22.0 Å². The molecule has 132 valence electrons. The molecule has 0 saturated heterocycles. The van der Waals surface area contributed by atoms with Crippen molar-refractivity contribution in [2.45, 2.75) is 38.1 Å². The highest BCUT2D eigenvalue weighted by Crippen LogP contribution is 2.26. The lowest BCUT2D eigenvalue weighted by Gasteiger charge is -2.12. The predicted octanol–water partition coefficient (Wildman–Crippen LogP) is 3.48. The summed E-state index contributed by atoms with van der Waals surface area (Å²) in [4.78, 5) is 20.6. The molecule has 5 heteroatoms. The minimum Gasteiger partial charge on any atom is -0.383 e. The van der Waals surface area contributed by atoms with Crippen molar-refractivity contribution in [3.8, 4) is 11.1 Å². The standard InChI is InChI=1S/C21H22N4O/c22-21-18-12-16(8-9-19(18)23-13-24-21)15-5-3-4-14(10-15)11-20(26)25-17-6-1-2-7-17/h3-5,8-10,12-13,17H,1-2,6-7,11H2,(H,25,26)(H2,22,23,24). The van der Waals surface area contributed by atoms with Gasteiger partial charge >= 0.3 is 0 Å². The first-order valence-electron chi connectivity index (χ1n) is 9.08. The van der Waals surface area contributed by atoms with Crippen molar-refractivity contribution in [3.63, 3.8) is 0 Å². The van der Waals surface area contributed by atoms with Crippen LogP contribution in [0.3, 0.4) is 0 Å². The smallest absolute Gasteiger partial charge is 0.224 e. The topological polar surface area (TPSA) is 80.9 Å². The molecule has 4 rings (SSSR count). The van der Waals surface area contributed by atoms with E-state index in [0.29, 0.717) is 18.3 Å². The Labute approximate surface area is 152 Å². The van der Waals surface area contributed by atoms with Gasteiger partial charge in [0.05, 0.1) is 11.9 Å². The van der Waals surface area contributed by atoms with Crippen molar-refractivity contribution in [3.05, 3.63) is 54.4 Å². The minimum absolute atomic E-state index is 0.102. The zero-order chi connectivity index (χ0) is 17.9. The van der Waals surface area contributed by atoms with E-state index in [2.05, 4.69) is 21.4 Å². The van der Waals surface area contributed by atoms with E-state index in [1.165, 1.54) is 19.2 Å². The number of fused-ring (bicyclic) bond motifs is 1. The minimum atomic E-state index is 0.102. The van der Waals surface area contributed by atoms with E-state index in [1.807, 2.05) is 36.4 Å². The van der Waals surface area contributed by atoms with Gasteiger partial charge in [0.15, 0.2) is 0 Å². The van der Waals surface area contributed by atoms with E-state index in [9.17, 15) is 4.79 Å². The second-order valence-electron chi connectivity index (χ2n) is 6.92. The fourth-order valence-electron chi connectivity index (χ4n) is 3.65. The summed E-state index contributed by atoms with van der Waals surface area (Å²) in [5.74, 6) is 0.578. The summed E-state index contributed by atoms with van der Waals surface area (Å²) in [6.45, 7) is 0. The number of carbonyl (C=O) groups excluding carboxylic acids is 1. The molecule has 1 aliphatic rings. The summed E-state index contributed by atoms with van der Waals surface area (Å²) in [5, 5.41) is 3.99. The lowest BCUT2D eigenvalue weighted by molar-refractivity contribution is -0.121. The zero-order valence-electron chi connectivity index (χ0n) is 14.6. The summed E-state index contributed by atoms with van der Waals surface area (Å²) < 4.78 is 0. The van der Waals surface area contributed by atoms with Crippen molar-refractivity contribution in [1.29, 1.82) is 0 Å². The molecular formula is C21H22N4O. The maximum atomic E-state index is 12.3. The Morgan fingerprint density at radius 1 is 1.08 bits per heavy atom. The fraction of sp³-hybridized carbons (Fsp3) is 0.286. The number of hydrogen-bond donors (Lipinski definition) is 2. The van der Waals surface area contributed by atoms with E-state index >= 15 is 0 Å². The van der Waals surface area contributed by atoms with Gasteiger partial charge in [-0.25, -0.2) is 9.97 Å². The monoisotopic (exact) mass is 346 g/mol. The average Bonchev–Trinajstić information content (AvgIpc) is 3.15. The van der Waals surface area contributed by atoms with E-state index in [1.54, 1.807) is 0 Å². The second kappa shape index (κ2) is 7.12. The van der Waals surface area contributed by atoms with E-state index in [4.69, 9.17) is 5.73 Å². The van der Waals surface area contributed by atoms with Gasteiger partial charge in [-0.2, -0.15) is 0 Å². The number of rotatable bonds is 4. The van der Waals surface area contributed by atoms with Crippen molar-refractivity contribution in [2.75, 3.05) is 5.73 Å². The Balaban J connectivity index is 1.55. The Morgan fingerprint density at radius 2 is 1.88 bits per heavy atom. The largest absolute Gasteiger partial charge is 0.383 e. The Hall–Kier alpha value is -2.95. The molecule has 1 aromatic heterocycles. The Kier molecular flexibility index (Phi) is 4.52. The van der Waals surface area contributed by atoms with Crippen molar-refractivity contribution < 1.29 is 4.79 Å². The molecule has 1 saturated carbocycles. The van der Waals surface area contributed by atoms with Crippen LogP contribution in [0.2, 0.25) is 0 Å². The van der Waals surface area contributed by atoms with Crippen LogP contribution in [0, 0.1) is 0 Å². The van der Waals surface area contributed by atoms with Crippen LogP contribution in [-0.2, 0) is 11.2 Å². The first-order valence-corrected chi connectivity index (χ1v) is 9.08. The third kappa shape index (κ3) is 3.52. The molecule has 0 atom stereocenters. The highest BCUT2D eigenvalue weighted by molar-refractivity contribution is 5.91. The first kappa shape index (κ1) is 16.5. The van der Waals surface area contributed by atoms with Crippen LogP contribution in [-0.4, -0.2) is 21.9 Å². The van der Waals surface area contributed by atoms with E-state index in [0.717, 1.165) is 40.4 Å². The van der Waals surface area contributed by atoms with Crippen molar-refractivity contribution in [1.82, 2.24) is 15.3 Å². The number of amides is 1. The predicted molar refractivity (Wildman–Crippen MR) is 103 cm³/mol. The molecule has 1 aliphatic carbocycles. The quantitative estimate of drug-likeness (QED) is 0.758. The van der Waals surface area contributed by atoms with Crippen LogP contribution in [0.1, 0.15) is 31.2 Å². The fourth-order valence-corrected chi connectivity index (χ4v) is 3.65. The number of nitrogen functional groups attached to an aromatic ring is 1. The van der Waals surface area contributed by atoms with Gasteiger partial charge in [-0.05, 0) is 41.7 Å². The van der Waals surface area contributed by atoms with Gasteiger partial charge in [-0.1, -0.05) is 43.2 Å². The lowest BCUT2D eigenvalue weighted by Crippen LogP contribution is -2.33. The molecule has 2 aromatic carbocycles. The van der Waals surface area contributed by atoms with Gasteiger partial charge < -0.3 is 11.1 Å². The lowest BCUT2D eigenvalue weighted by atomic mass is 10.00. The first-order chi connectivity index (χ1) is 12.7. The molecule has 0 unspecified atom stereocenters. The molecule has 0 bridgehead atoms. The number of benzene rings is 2. The third-order valence-electron chi connectivity index (χ3n) is 5.01. The number of carbonyl (C=O) groups is 1. The molecule has 0 aliphatic heterocycles. The normalized spacial score (nSPS) is 14.6. The number of nitrogens with zero attached hydrogens (tertiary/aromatic N) is 2. The number of anilines is 1. The SMILES string of the molecule is Nc1ncnc2ccc(-c3cccc(CC(=O)NC4CCCC4)c3)cc12. The molecule has 3 N–H and O–H groups in total. The summed E-state index contributed by atoms with van der Waals surface area (Å²) >= 11 is 0. The molecule has 5 nitrogen and oxygen atoms in total.